The van der Waals surface area contributed by atoms with E-state index in [0.717, 1.165) is 11.3 Å². The van der Waals surface area contributed by atoms with Gasteiger partial charge in [0.15, 0.2) is 5.78 Å². The van der Waals surface area contributed by atoms with Gasteiger partial charge in [0.1, 0.15) is 5.71 Å². The third-order valence-corrected chi connectivity index (χ3v) is 3.54. The lowest BCUT2D eigenvalue weighted by Crippen LogP contribution is -2.25. The molecule has 1 aliphatic rings. The number of anilines is 1. The Labute approximate surface area is 122 Å². The molecule has 0 aliphatic carbocycles. The summed E-state index contributed by atoms with van der Waals surface area (Å²) in [6, 6.07) is 14.5. The van der Waals surface area contributed by atoms with Crippen LogP contribution in [-0.2, 0) is 4.79 Å². The van der Waals surface area contributed by atoms with Crippen molar-refractivity contribution >= 4 is 28.8 Å². The molecule has 4 heteroatoms. The van der Waals surface area contributed by atoms with E-state index in [2.05, 4.69) is 4.99 Å². The smallest absolute Gasteiger partial charge is 0.277 e. The van der Waals surface area contributed by atoms with Crippen molar-refractivity contribution in [2.24, 2.45) is 4.99 Å². The first-order chi connectivity index (χ1) is 10.1. The number of likely N-dealkylation sites (N-methyl/N-ethyl adjacent to an activating group) is 1. The van der Waals surface area contributed by atoms with Crippen LogP contribution in [0.15, 0.2) is 53.5 Å². The summed E-state index contributed by atoms with van der Waals surface area (Å²) in [6.07, 6.45) is 0. The maximum absolute atomic E-state index is 12.3. The summed E-state index contributed by atoms with van der Waals surface area (Å²) in [5.74, 6) is -0.108. The van der Waals surface area contributed by atoms with Crippen LogP contribution in [0, 0.1) is 0 Å². The second-order valence-electron chi connectivity index (χ2n) is 4.94. The second kappa shape index (κ2) is 4.98. The molecule has 2 aromatic rings. The van der Waals surface area contributed by atoms with Crippen LogP contribution < -0.4 is 4.90 Å². The maximum atomic E-state index is 12.3. The lowest BCUT2D eigenvalue weighted by atomic mass is 10.1. The molecule has 0 saturated carbocycles. The molecule has 0 bridgehead atoms. The molecule has 21 heavy (non-hydrogen) atoms. The van der Waals surface area contributed by atoms with Crippen LogP contribution in [0.1, 0.15) is 22.8 Å². The van der Waals surface area contributed by atoms with E-state index in [1.165, 1.54) is 6.92 Å². The van der Waals surface area contributed by atoms with Crippen molar-refractivity contribution in [3.63, 3.8) is 0 Å². The van der Waals surface area contributed by atoms with E-state index < -0.39 is 0 Å². The molecule has 2 aromatic carbocycles. The molecule has 0 radical (unpaired) electrons. The number of ketones is 1. The Balaban J connectivity index is 2.03. The second-order valence-corrected chi connectivity index (χ2v) is 4.94. The van der Waals surface area contributed by atoms with E-state index in [4.69, 9.17) is 0 Å². The molecule has 104 valence electrons. The molecule has 0 saturated heterocycles. The quantitative estimate of drug-likeness (QED) is 0.793. The average molecular weight is 278 g/mol. The zero-order valence-corrected chi connectivity index (χ0v) is 11.8. The van der Waals surface area contributed by atoms with Crippen molar-refractivity contribution in [2.45, 2.75) is 6.92 Å². The fourth-order valence-electron chi connectivity index (χ4n) is 2.36. The molecule has 0 spiro atoms. The van der Waals surface area contributed by atoms with Gasteiger partial charge in [-0.25, -0.2) is 4.99 Å². The largest absolute Gasteiger partial charge is 0.309 e. The molecular weight excluding hydrogens is 264 g/mol. The third kappa shape index (κ3) is 2.25. The molecule has 1 amide bonds. The van der Waals surface area contributed by atoms with Gasteiger partial charge in [0.05, 0.1) is 11.4 Å². The van der Waals surface area contributed by atoms with E-state index in [-0.39, 0.29) is 11.7 Å². The lowest BCUT2D eigenvalue weighted by Gasteiger charge is -2.07. The number of Topliss-reactive ketones (excluding diaryl/α,β-unsaturated/α-hetero) is 1. The lowest BCUT2D eigenvalue weighted by molar-refractivity contribution is -0.111. The number of carbonyl (C=O) groups excluding carboxylic acids is 2. The van der Waals surface area contributed by atoms with E-state index in [1.54, 1.807) is 36.2 Å². The SMILES string of the molecule is CC(=O)c1ccc(N=C2C(=O)N(C)c3ccccc32)cc1. The van der Waals surface area contributed by atoms with Crippen molar-refractivity contribution in [3.05, 3.63) is 59.7 Å². The average Bonchev–Trinajstić information content (AvgIpc) is 2.73. The number of rotatable bonds is 2. The first kappa shape index (κ1) is 13.2. The highest BCUT2D eigenvalue weighted by molar-refractivity contribution is 6.54. The highest BCUT2D eigenvalue weighted by Crippen LogP contribution is 2.29. The normalized spacial score (nSPS) is 15.4. The number of hydrogen-bond donors (Lipinski definition) is 0. The molecule has 0 atom stereocenters. The number of hydrogen-bond acceptors (Lipinski definition) is 3. The van der Waals surface area contributed by atoms with Crippen molar-refractivity contribution < 1.29 is 9.59 Å². The minimum absolute atomic E-state index is 0.0104. The maximum Gasteiger partial charge on any atom is 0.277 e. The van der Waals surface area contributed by atoms with Crippen molar-refractivity contribution in [3.8, 4) is 0 Å². The first-order valence-corrected chi connectivity index (χ1v) is 6.65. The molecule has 0 fully saturated rings. The fraction of sp³-hybridized carbons (Fsp3) is 0.118. The van der Waals surface area contributed by atoms with Crippen LogP contribution in [0.25, 0.3) is 0 Å². The van der Waals surface area contributed by atoms with Gasteiger partial charge in [0, 0.05) is 18.2 Å². The monoisotopic (exact) mass is 278 g/mol. The van der Waals surface area contributed by atoms with Gasteiger partial charge in [-0.3, -0.25) is 9.59 Å². The Morgan fingerprint density at radius 3 is 2.38 bits per heavy atom. The summed E-state index contributed by atoms with van der Waals surface area (Å²) in [6.45, 7) is 1.52. The third-order valence-electron chi connectivity index (χ3n) is 3.54. The summed E-state index contributed by atoms with van der Waals surface area (Å²) < 4.78 is 0. The Hall–Kier alpha value is -2.75. The predicted octanol–water partition coefficient (Wildman–Crippen LogP) is 2.99. The molecule has 0 unspecified atom stereocenters. The summed E-state index contributed by atoms with van der Waals surface area (Å²) in [5, 5.41) is 0. The standard InChI is InChI=1S/C17H14N2O2/c1-11(20)12-7-9-13(10-8-12)18-16-14-5-3-4-6-15(14)19(2)17(16)21/h3-10H,1-2H3. The summed E-state index contributed by atoms with van der Waals surface area (Å²) in [5.41, 5.74) is 3.42. The molecule has 0 N–H and O–H groups in total. The summed E-state index contributed by atoms with van der Waals surface area (Å²) in [4.78, 5) is 29.6. The molecule has 1 heterocycles. The molecule has 0 aromatic heterocycles. The molecule has 1 aliphatic heterocycles. The highest BCUT2D eigenvalue weighted by atomic mass is 16.2. The zero-order valence-electron chi connectivity index (χ0n) is 11.8. The highest BCUT2D eigenvalue weighted by Gasteiger charge is 2.30. The Morgan fingerprint density at radius 2 is 1.71 bits per heavy atom. The van der Waals surface area contributed by atoms with E-state index in [9.17, 15) is 9.59 Å². The van der Waals surface area contributed by atoms with Crippen LogP contribution in [0.4, 0.5) is 11.4 Å². The Morgan fingerprint density at radius 1 is 1.05 bits per heavy atom. The Bertz CT molecular complexity index is 761. The van der Waals surface area contributed by atoms with Crippen LogP contribution in [0.2, 0.25) is 0 Å². The number of para-hydroxylation sites is 1. The van der Waals surface area contributed by atoms with Crippen LogP contribution in [-0.4, -0.2) is 24.4 Å². The summed E-state index contributed by atoms with van der Waals surface area (Å²) in [7, 11) is 1.74. The van der Waals surface area contributed by atoms with Gasteiger partial charge >= 0.3 is 0 Å². The zero-order chi connectivity index (χ0) is 15.0. The number of amides is 1. The van der Waals surface area contributed by atoms with E-state index in [1.807, 2.05) is 24.3 Å². The van der Waals surface area contributed by atoms with Gasteiger partial charge in [0.25, 0.3) is 5.91 Å². The number of nitrogens with zero attached hydrogens (tertiary/aromatic N) is 2. The number of benzene rings is 2. The van der Waals surface area contributed by atoms with Crippen molar-refractivity contribution in [2.75, 3.05) is 11.9 Å². The van der Waals surface area contributed by atoms with Gasteiger partial charge in [-0.15, -0.1) is 0 Å². The number of fused-ring (bicyclic) bond motifs is 1. The molecular formula is C17H14N2O2. The van der Waals surface area contributed by atoms with Gasteiger partial charge in [0.2, 0.25) is 0 Å². The number of carbonyl (C=O) groups is 2. The van der Waals surface area contributed by atoms with Gasteiger partial charge in [-0.1, -0.05) is 18.2 Å². The van der Waals surface area contributed by atoms with Gasteiger partial charge in [-0.2, -0.15) is 0 Å². The fourth-order valence-corrected chi connectivity index (χ4v) is 2.36. The minimum atomic E-state index is -0.119. The van der Waals surface area contributed by atoms with Crippen LogP contribution in [0.3, 0.4) is 0 Å². The van der Waals surface area contributed by atoms with Crippen molar-refractivity contribution in [1.29, 1.82) is 0 Å². The van der Waals surface area contributed by atoms with Gasteiger partial charge < -0.3 is 4.90 Å². The summed E-state index contributed by atoms with van der Waals surface area (Å²) >= 11 is 0. The first-order valence-electron chi connectivity index (χ1n) is 6.65. The Kier molecular flexibility index (Phi) is 3.14. The van der Waals surface area contributed by atoms with Gasteiger partial charge in [-0.05, 0) is 37.3 Å². The molecule has 3 rings (SSSR count). The van der Waals surface area contributed by atoms with E-state index >= 15 is 0 Å². The number of aliphatic imine (C=N–C) groups is 1. The van der Waals surface area contributed by atoms with E-state index in [0.29, 0.717) is 17.0 Å². The molecule has 4 nitrogen and oxygen atoms in total. The van der Waals surface area contributed by atoms with Crippen molar-refractivity contribution in [1.82, 2.24) is 0 Å². The topological polar surface area (TPSA) is 49.7 Å². The minimum Gasteiger partial charge on any atom is -0.309 e. The predicted molar refractivity (Wildman–Crippen MR) is 82.5 cm³/mol. The van der Waals surface area contributed by atoms with Crippen LogP contribution >= 0.6 is 0 Å². The van der Waals surface area contributed by atoms with Crippen LogP contribution in [0.5, 0.6) is 0 Å².